The maximum Gasteiger partial charge on any atom is 0.226 e. The van der Waals surface area contributed by atoms with Crippen LogP contribution in [0.4, 0.5) is 5.69 Å². The normalized spacial score (nSPS) is 11.1. The van der Waals surface area contributed by atoms with E-state index in [0.717, 1.165) is 42.1 Å². The van der Waals surface area contributed by atoms with E-state index in [1.807, 2.05) is 24.0 Å². The van der Waals surface area contributed by atoms with Gasteiger partial charge in [-0.1, -0.05) is 114 Å². The van der Waals surface area contributed by atoms with E-state index >= 15 is 0 Å². The molecule has 1 amide bonds. The lowest BCUT2D eigenvalue weighted by Gasteiger charge is -2.23. The van der Waals surface area contributed by atoms with E-state index < -0.39 is 0 Å². The minimum Gasteiger partial charge on any atom is -0.493 e. The number of methoxy groups -OCH3 is 1. The van der Waals surface area contributed by atoms with Gasteiger partial charge in [0.15, 0.2) is 24.2 Å². The number of rotatable bonds is 22. The topological polar surface area (TPSA) is 42.7 Å². The van der Waals surface area contributed by atoms with Crippen LogP contribution in [0.3, 0.4) is 0 Å². The van der Waals surface area contributed by atoms with Crippen molar-refractivity contribution >= 4 is 22.9 Å². The molecule has 0 aliphatic rings. The zero-order valence-electron chi connectivity index (χ0n) is 27.2. The zero-order valence-corrected chi connectivity index (χ0v) is 28.1. The summed E-state index contributed by atoms with van der Waals surface area (Å²) in [4.78, 5) is 16.2. The predicted molar refractivity (Wildman–Crippen MR) is 181 cm³/mol. The molecule has 0 spiro atoms. The van der Waals surface area contributed by atoms with Gasteiger partial charge in [0.05, 0.1) is 18.6 Å². The number of carbonyl (C=O) groups is 1. The molecule has 0 aliphatic carbocycles. The summed E-state index contributed by atoms with van der Waals surface area (Å²) in [5.74, 6) is 1.69. The molecule has 0 N–H and O–H groups in total. The average Bonchev–Trinajstić information content (AvgIpc) is 3.43. The molecule has 0 saturated carbocycles. The lowest BCUT2D eigenvalue weighted by Crippen LogP contribution is -2.33. The SMILES string of the molecule is CCCCCCCCCCCCCCOc1cc(CCN(C(=O)CC)c2cccc(C[n+]3csc(C)c3)c2)ccc1OC. The van der Waals surface area contributed by atoms with Crippen LogP contribution in [0.2, 0.25) is 0 Å². The molecule has 43 heavy (non-hydrogen) atoms. The summed E-state index contributed by atoms with van der Waals surface area (Å²) >= 11 is 1.74. The third kappa shape index (κ3) is 12.7. The van der Waals surface area contributed by atoms with Crippen LogP contribution >= 0.6 is 11.3 Å². The molecule has 1 heterocycles. The van der Waals surface area contributed by atoms with Gasteiger partial charge in [0.2, 0.25) is 11.4 Å². The second-order valence-corrected chi connectivity index (χ2v) is 12.8. The van der Waals surface area contributed by atoms with E-state index in [1.165, 1.54) is 81.1 Å². The molecule has 1 aromatic heterocycles. The van der Waals surface area contributed by atoms with Gasteiger partial charge in [0.25, 0.3) is 0 Å². The fraction of sp³-hybridized carbons (Fsp3) is 0.568. The summed E-state index contributed by atoms with van der Waals surface area (Å²) in [5, 5.41) is 0. The summed E-state index contributed by atoms with van der Waals surface area (Å²) in [6, 6.07) is 14.5. The smallest absolute Gasteiger partial charge is 0.226 e. The Hall–Kier alpha value is -2.86. The molecule has 0 bridgehead atoms. The molecule has 0 radical (unpaired) electrons. The first-order chi connectivity index (χ1) is 21.0. The Labute approximate surface area is 265 Å². The second-order valence-electron chi connectivity index (χ2n) is 11.7. The molecule has 0 saturated heterocycles. The summed E-state index contributed by atoms with van der Waals surface area (Å²) in [6.07, 6.45) is 19.3. The first-order valence-corrected chi connectivity index (χ1v) is 17.5. The van der Waals surface area contributed by atoms with Crippen molar-refractivity contribution in [2.75, 3.05) is 25.2 Å². The van der Waals surface area contributed by atoms with Crippen LogP contribution in [0.25, 0.3) is 0 Å². The lowest BCUT2D eigenvalue weighted by atomic mass is 10.1. The van der Waals surface area contributed by atoms with E-state index in [4.69, 9.17) is 9.47 Å². The van der Waals surface area contributed by atoms with Crippen LogP contribution in [0, 0.1) is 6.92 Å². The zero-order chi connectivity index (χ0) is 30.7. The highest BCUT2D eigenvalue weighted by atomic mass is 32.1. The number of aromatic nitrogens is 1. The van der Waals surface area contributed by atoms with Gasteiger partial charge >= 0.3 is 0 Å². The number of hydrogen-bond donors (Lipinski definition) is 0. The van der Waals surface area contributed by atoms with Crippen molar-refractivity contribution in [1.29, 1.82) is 0 Å². The third-order valence-electron chi connectivity index (χ3n) is 8.02. The van der Waals surface area contributed by atoms with Gasteiger partial charge < -0.3 is 14.4 Å². The maximum atomic E-state index is 13.0. The summed E-state index contributed by atoms with van der Waals surface area (Å²) in [5.41, 5.74) is 5.42. The predicted octanol–water partition coefficient (Wildman–Crippen LogP) is 9.47. The fourth-order valence-electron chi connectivity index (χ4n) is 5.51. The molecule has 0 unspecified atom stereocenters. The molecule has 2 aromatic carbocycles. The van der Waals surface area contributed by atoms with Crippen molar-refractivity contribution in [3.05, 3.63) is 70.2 Å². The average molecular weight is 608 g/mol. The Kier molecular flexibility index (Phi) is 16.2. The number of aryl methyl sites for hydroxylation is 1. The van der Waals surface area contributed by atoms with E-state index in [9.17, 15) is 4.79 Å². The van der Waals surface area contributed by atoms with Crippen molar-refractivity contribution in [3.8, 4) is 11.5 Å². The minimum absolute atomic E-state index is 0.133. The second kappa shape index (κ2) is 20.2. The van der Waals surface area contributed by atoms with Crippen LogP contribution in [-0.2, 0) is 17.8 Å². The molecule has 0 aliphatic heterocycles. The van der Waals surface area contributed by atoms with E-state index in [-0.39, 0.29) is 5.91 Å². The Balaban J connectivity index is 1.46. The van der Waals surface area contributed by atoms with Crippen molar-refractivity contribution in [1.82, 2.24) is 0 Å². The van der Waals surface area contributed by atoms with E-state index in [0.29, 0.717) is 19.6 Å². The molecule has 6 heteroatoms. The standard InChI is InChI=1S/C37H55N2O3S/c1-5-7-8-9-10-11-12-13-14-15-16-17-25-42-36-27-32(21-22-35(36)41-4)23-24-39(37(40)6-2)34-20-18-19-33(26-34)29-38-28-31(3)43-30-38/h18-22,26-28,30H,5-17,23-25,29H2,1-4H3/q+1. The summed E-state index contributed by atoms with van der Waals surface area (Å²) in [7, 11) is 1.69. The molecule has 0 fully saturated rings. The van der Waals surface area contributed by atoms with Crippen LogP contribution in [0.1, 0.15) is 113 Å². The van der Waals surface area contributed by atoms with Gasteiger partial charge in [-0.25, -0.2) is 0 Å². The van der Waals surface area contributed by atoms with Crippen LogP contribution in [-0.4, -0.2) is 26.2 Å². The molecule has 0 atom stereocenters. The Morgan fingerprint density at radius 3 is 2.16 bits per heavy atom. The Bertz CT molecular complexity index is 1210. The largest absolute Gasteiger partial charge is 0.493 e. The summed E-state index contributed by atoms with van der Waals surface area (Å²) in [6.45, 7) is 8.44. The number of nitrogens with zero attached hydrogens (tertiary/aromatic N) is 2. The number of anilines is 1. The van der Waals surface area contributed by atoms with Crippen molar-refractivity contribution in [3.63, 3.8) is 0 Å². The lowest BCUT2D eigenvalue weighted by molar-refractivity contribution is -0.683. The molecule has 3 rings (SSSR count). The fourth-order valence-corrected chi connectivity index (χ4v) is 6.14. The first kappa shape index (κ1) is 34.6. The van der Waals surface area contributed by atoms with Gasteiger partial charge in [-0.15, -0.1) is 0 Å². The number of benzene rings is 2. The first-order valence-electron chi connectivity index (χ1n) is 16.7. The van der Waals surface area contributed by atoms with Crippen molar-refractivity contribution in [2.45, 2.75) is 117 Å². The van der Waals surface area contributed by atoms with Crippen molar-refractivity contribution < 1.29 is 18.8 Å². The highest BCUT2D eigenvalue weighted by Gasteiger charge is 2.16. The number of thiazole rings is 1. The Morgan fingerprint density at radius 1 is 0.837 bits per heavy atom. The third-order valence-corrected chi connectivity index (χ3v) is 8.87. The molecular weight excluding hydrogens is 552 g/mol. The number of unbranched alkanes of at least 4 members (excludes halogenated alkanes) is 11. The number of ether oxygens (including phenoxy) is 2. The minimum atomic E-state index is 0.133. The maximum absolute atomic E-state index is 13.0. The van der Waals surface area contributed by atoms with Gasteiger partial charge in [-0.2, -0.15) is 4.57 Å². The van der Waals surface area contributed by atoms with Crippen LogP contribution < -0.4 is 18.9 Å². The highest BCUT2D eigenvalue weighted by molar-refractivity contribution is 7.09. The molecular formula is C37H55N2O3S+. The molecule has 236 valence electrons. The quantitative estimate of drug-likeness (QED) is 0.0844. The number of amides is 1. The molecule has 5 nitrogen and oxygen atoms in total. The molecule has 3 aromatic rings. The van der Waals surface area contributed by atoms with Crippen LogP contribution in [0.15, 0.2) is 54.2 Å². The monoisotopic (exact) mass is 607 g/mol. The van der Waals surface area contributed by atoms with Crippen LogP contribution in [0.5, 0.6) is 11.5 Å². The van der Waals surface area contributed by atoms with E-state index in [2.05, 4.69) is 60.5 Å². The number of hydrogen-bond acceptors (Lipinski definition) is 4. The van der Waals surface area contributed by atoms with E-state index in [1.54, 1.807) is 18.4 Å². The van der Waals surface area contributed by atoms with Gasteiger partial charge in [0.1, 0.15) is 0 Å². The van der Waals surface area contributed by atoms with Crippen molar-refractivity contribution in [2.24, 2.45) is 0 Å². The van der Waals surface area contributed by atoms with Gasteiger partial charge in [-0.05, 0) is 49.6 Å². The Morgan fingerprint density at radius 2 is 1.53 bits per heavy atom. The number of carbonyl (C=O) groups excluding carboxylic acids is 1. The highest BCUT2D eigenvalue weighted by Crippen LogP contribution is 2.29. The summed E-state index contributed by atoms with van der Waals surface area (Å²) < 4.78 is 14.0. The van der Waals surface area contributed by atoms with Gasteiger partial charge in [-0.3, -0.25) is 4.79 Å². The van der Waals surface area contributed by atoms with Gasteiger partial charge in [0, 0.05) is 24.2 Å².